The Morgan fingerprint density at radius 2 is 2.09 bits per heavy atom. The van der Waals surface area contributed by atoms with E-state index >= 15 is 0 Å². The smallest absolute Gasteiger partial charge is 0.222 e. The van der Waals surface area contributed by atoms with E-state index in [1.54, 1.807) is 18.2 Å². The van der Waals surface area contributed by atoms with Gasteiger partial charge >= 0.3 is 0 Å². The third kappa shape index (κ3) is 5.76. The molecule has 9 heteroatoms. The van der Waals surface area contributed by atoms with Crippen LogP contribution >= 0.6 is 12.2 Å². The molecule has 1 aromatic rings. The van der Waals surface area contributed by atoms with Gasteiger partial charge in [0.15, 0.2) is 14.9 Å². The predicted octanol–water partition coefficient (Wildman–Crippen LogP) is 0.806. The van der Waals surface area contributed by atoms with Crippen molar-refractivity contribution in [3.63, 3.8) is 0 Å². The van der Waals surface area contributed by atoms with Crippen LogP contribution in [0.5, 0.6) is 0 Å². The lowest BCUT2D eigenvalue weighted by Gasteiger charge is -2.13. The molecule has 1 amide bonds. The summed E-state index contributed by atoms with van der Waals surface area (Å²) in [6.07, 6.45) is 0.602. The molecule has 0 bridgehead atoms. The molecule has 1 saturated heterocycles. The highest BCUT2D eigenvalue weighted by atomic mass is 32.2. The summed E-state index contributed by atoms with van der Waals surface area (Å²) >= 11 is 5.02. The van der Waals surface area contributed by atoms with Crippen LogP contribution in [0.4, 0.5) is 10.1 Å². The minimum absolute atomic E-state index is 0.000575. The molecule has 1 heterocycles. The van der Waals surface area contributed by atoms with Crippen LogP contribution in [-0.2, 0) is 14.6 Å². The Morgan fingerprint density at radius 1 is 1.35 bits per heavy atom. The minimum Gasteiger partial charge on any atom is -0.362 e. The molecule has 1 fully saturated rings. The maximum atomic E-state index is 13.4. The molecule has 3 N–H and O–H groups in total. The lowest BCUT2D eigenvalue weighted by atomic mass is 10.2. The SMILES string of the molecule is O=C(CCNC(=S)Nc1ccccc1F)NC1CCS(=O)(=O)C1. The van der Waals surface area contributed by atoms with Gasteiger partial charge in [-0.1, -0.05) is 12.1 Å². The Balaban J connectivity index is 1.67. The summed E-state index contributed by atoms with van der Waals surface area (Å²) in [7, 11) is -3.01. The van der Waals surface area contributed by atoms with E-state index in [2.05, 4.69) is 16.0 Å². The van der Waals surface area contributed by atoms with Crippen LogP contribution in [0.1, 0.15) is 12.8 Å². The van der Waals surface area contributed by atoms with E-state index < -0.39 is 15.7 Å². The molecular formula is C14H18FN3O3S2. The molecule has 6 nitrogen and oxygen atoms in total. The second-order valence-corrected chi connectivity index (χ2v) is 7.92. The maximum Gasteiger partial charge on any atom is 0.222 e. The Labute approximate surface area is 139 Å². The fourth-order valence-corrected chi connectivity index (χ4v) is 4.11. The van der Waals surface area contributed by atoms with Crippen molar-refractivity contribution in [2.24, 2.45) is 0 Å². The number of amides is 1. The van der Waals surface area contributed by atoms with Gasteiger partial charge in [0.25, 0.3) is 0 Å². The van der Waals surface area contributed by atoms with E-state index in [-0.39, 0.29) is 47.2 Å². The van der Waals surface area contributed by atoms with E-state index in [4.69, 9.17) is 12.2 Å². The van der Waals surface area contributed by atoms with Gasteiger partial charge in [0, 0.05) is 19.0 Å². The highest BCUT2D eigenvalue weighted by molar-refractivity contribution is 7.91. The number of hydrogen-bond donors (Lipinski definition) is 3. The summed E-state index contributed by atoms with van der Waals surface area (Å²) in [5.74, 6) is -0.545. The molecule has 1 atom stereocenters. The molecule has 1 aliphatic heterocycles. The van der Waals surface area contributed by atoms with Gasteiger partial charge in [-0.2, -0.15) is 0 Å². The van der Waals surface area contributed by atoms with Crippen LogP contribution in [0.15, 0.2) is 24.3 Å². The van der Waals surface area contributed by atoms with Crippen molar-refractivity contribution >= 4 is 38.8 Å². The third-order valence-corrected chi connectivity index (χ3v) is 5.37. The fraction of sp³-hybridized carbons (Fsp3) is 0.429. The number of sulfone groups is 1. The van der Waals surface area contributed by atoms with E-state index in [9.17, 15) is 17.6 Å². The van der Waals surface area contributed by atoms with Crippen LogP contribution in [0.25, 0.3) is 0 Å². The van der Waals surface area contributed by atoms with Crippen LogP contribution in [-0.4, -0.2) is 43.5 Å². The van der Waals surface area contributed by atoms with Gasteiger partial charge < -0.3 is 16.0 Å². The lowest BCUT2D eigenvalue weighted by Crippen LogP contribution is -2.38. The number of hydrogen-bond acceptors (Lipinski definition) is 4. The largest absolute Gasteiger partial charge is 0.362 e. The molecule has 0 radical (unpaired) electrons. The predicted molar refractivity (Wildman–Crippen MR) is 90.4 cm³/mol. The summed E-state index contributed by atoms with van der Waals surface area (Å²) in [5, 5.41) is 8.41. The number of anilines is 1. The summed E-state index contributed by atoms with van der Waals surface area (Å²) in [6, 6.07) is 5.81. The molecule has 2 rings (SSSR count). The molecule has 0 aliphatic carbocycles. The summed E-state index contributed by atoms with van der Waals surface area (Å²) in [6.45, 7) is 0.269. The van der Waals surface area contributed by atoms with Crippen LogP contribution in [0, 0.1) is 5.82 Å². The highest BCUT2D eigenvalue weighted by Gasteiger charge is 2.28. The minimum atomic E-state index is -3.01. The standard InChI is InChI=1S/C14H18FN3O3S2/c15-11-3-1-2-4-12(11)18-14(22)16-7-5-13(19)17-10-6-8-23(20,21)9-10/h1-4,10H,5-9H2,(H,17,19)(H2,16,18,22). The van der Waals surface area contributed by atoms with E-state index in [1.165, 1.54) is 6.07 Å². The van der Waals surface area contributed by atoms with Crippen molar-refractivity contribution in [2.75, 3.05) is 23.4 Å². The Bertz CT molecular complexity index is 694. The van der Waals surface area contributed by atoms with Crippen molar-refractivity contribution < 1.29 is 17.6 Å². The van der Waals surface area contributed by atoms with Gasteiger partial charge in [-0.3, -0.25) is 4.79 Å². The zero-order chi connectivity index (χ0) is 16.9. The monoisotopic (exact) mass is 359 g/mol. The molecule has 1 aliphatic rings. The molecule has 1 unspecified atom stereocenters. The summed E-state index contributed by atoms with van der Waals surface area (Å²) in [5.41, 5.74) is 0.255. The van der Waals surface area contributed by atoms with Crippen molar-refractivity contribution in [2.45, 2.75) is 18.9 Å². The molecule has 0 aromatic heterocycles. The Hall–Kier alpha value is -1.74. The second-order valence-electron chi connectivity index (χ2n) is 5.28. The van der Waals surface area contributed by atoms with Gasteiger partial charge in [-0.15, -0.1) is 0 Å². The highest BCUT2D eigenvalue weighted by Crippen LogP contribution is 2.12. The van der Waals surface area contributed by atoms with Gasteiger partial charge in [0.2, 0.25) is 5.91 Å². The van der Waals surface area contributed by atoms with Gasteiger partial charge in [0.1, 0.15) is 5.82 Å². The lowest BCUT2D eigenvalue weighted by molar-refractivity contribution is -0.121. The molecule has 23 heavy (non-hydrogen) atoms. The van der Waals surface area contributed by atoms with Gasteiger partial charge in [-0.05, 0) is 30.8 Å². The normalized spacial score (nSPS) is 19.1. The average molecular weight is 359 g/mol. The van der Waals surface area contributed by atoms with Crippen molar-refractivity contribution in [1.82, 2.24) is 10.6 Å². The third-order valence-electron chi connectivity index (χ3n) is 3.36. The topological polar surface area (TPSA) is 87.3 Å². The fourth-order valence-electron chi connectivity index (χ4n) is 2.23. The first-order valence-electron chi connectivity index (χ1n) is 7.15. The number of halogens is 1. The van der Waals surface area contributed by atoms with Crippen molar-refractivity contribution in [3.05, 3.63) is 30.1 Å². The maximum absolute atomic E-state index is 13.4. The number of benzene rings is 1. The molecule has 0 saturated carbocycles. The summed E-state index contributed by atoms with van der Waals surface area (Å²) < 4.78 is 36.0. The molecule has 126 valence electrons. The zero-order valence-corrected chi connectivity index (χ0v) is 14.0. The van der Waals surface area contributed by atoms with E-state index in [0.29, 0.717) is 6.42 Å². The first kappa shape index (κ1) is 17.6. The number of thiocarbonyl (C=S) groups is 1. The average Bonchev–Trinajstić information content (AvgIpc) is 2.80. The van der Waals surface area contributed by atoms with Gasteiger partial charge in [-0.25, -0.2) is 12.8 Å². The Morgan fingerprint density at radius 3 is 2.74 bits per heavy atom. The second kappa shape index (κ2) is 7.69. The van der Waals surface area contributed by atoms with Crippen molar-refractivity contribution in [3.8, 4) is 0 Å². The first-order chi connectivity index (χ1) is 10.9. The number of rotatable bonds is 5. The molecule has 0 spiro atoms. The first-order valence-corrected chi connectivity index (χ1v) is 9.38. The Kier molecular flexibility index (Phi) is 5.89. The van der Waals surface area contributed by atoms with Gasteiger partial charge in [0.05, 0.1) is 17.2 Å². The molecular weight excluding hydrogens is 341 g/mol. The van der Waals surface area contributed by atoms with Crippen LogP contribution < -0.4 is 16.0 Å². The van der Waals surface area contributed by atoms with Crippen molar-refractivity contribution in [1.29, 1.82) is 0 Å². The quantitative estimate of drug-likeness (QED) is 0.675. The van der Waals surface area contributed by atoms with E-state index in [0.717, 1.165) is 0 Å². The number of carbonyl (C=O) groups excluding carboxylic acids is 1. The summed E-state index contributed by atoms with van der Waals surface area (Å²) in [4.78, 5) is 11.7. The number of carbonyl (C=O) groups is 1. The molecule has 1 aromatic carbocycles. The van der Waals surface area contributed by atoms with Crippen LogP contribution in [0.2, 0.25) is 0 Å². The van der Waals surface area contributed by atoms with E-state index in [1.807, 2.05) is 0 Å². The zero-order valence-electron chi connectivity index (χ0n) is 12.3. The van der Waals surface area contributed by atoms with Crippen LogP contribution in [0.3, 0.4) is 0 Å². The number of para-hydroxylation sites is 1. The number of nitrogens with one attached hydrogen (secondary N) is 3.